The van der Waals surface area contributed by atoms with E-state index < -0.39 is 6.29 Å². The van der Waals surface area contributed by atoms with Gasteiger partial charge in [-0.1, -0.05) is 32.4 Å². The van der Waals surface area contributed by atoms with Crippen LogP contribution < -0.4 is 0 Å². The van der Waals surface area contributed by atoms with E-state index in [4.69, 9.17) is 4.74 Å². The van der Waals surface area contributed by atoms with Crippen LogP contribution in [0, 0.1) is 23.2 Å². The summed E-state index contributed by atoms with van der Waals surface area (Å²) in [5.41, 5.74) is 1.47. The van der Waals surface area contributed by atoms with Crippen molar-refractivity contribution in [3.05, 3.63) is 11.6 Å². The first-order valence-corrected chi connectivity index (χ1v) is 7.17. The highest BCUT2D eigenvalue weighted by Crippen LogP contribution is 2.59. The maximum atomic E-state index is 9.98. The summed E-state index contributed by atoms with van der Waals surface area (Å²) in [5, 5.41) is 19.9. The molecule has 0 radical (unpaired) electrons. The van der Waals surface area contributed by atoms with Crippen molar-refractivity contribution >= 4 is 0 Å². The van der Waals surface area contributed by atoms with Gasteiger partial charge in [-0.05, 0) is 30.6 Å². The molecule has 18 heavy (non-hydrogen) atoms. The van der Waals surface area contributed by atoms with Gasteiger partial charge in [0.1, 0.15) is 0 Å². The largest absolute Gasteiger partial charge is 0.389 e. The molecule has 0 amide bonds. The Morgan fingerprint density at radius 3 is 2.78 bits per heavy atom. The van der Waals surface area contributed by atoms with E-state index in [2.05, 4.69) is 26.8 Å². The second kappa shape index (κ2) is 4.06. The lowest BCUT2D eigenvalue weighted by atomic mass is 9.52. The molecule has 0 unspecified atom stereocenters. The van der Waals surface area contributed by atoms with E-state index in [0.717, 1.165) is 19.3 Å². The number of aliphatic hydroxyl groups is 2. The zero-order valence-corrected chi connectivity index (χ0v) is 11.5. The predicted molar refractivity (Wildman–Crippen MR) is 68.7 cm³/mol. The fourth-order valence-electron chi connectivity index (χ4n) is 4.68. The van der Waals surface area contributed by atoms with Crippen molar-refractivity contribution in [2.75, 3.05) is 0 Å². The lowest BCUT2D eigenvalue weighted by molar-refractivity contribution is -0.110. The molecule has 1 saturated heterocycles. The number of hydrogen-bond donors (Lipinski definition) is 2. The summed E-state index contributed by atoms with van der Waals surface area (Å²) in [7, 11) is 0. The van der Waals surface area contributed by atoms with E-state index in [1.54, 1.807) is 0 Å². The van der Waals surface area contributed by atoms with Gasteiger partial charge in [0.2, 0.25) is 0 Å². The normalized spacial score (nSPS) is 55.7. The van der Waals surface area contributed by atoms with Crippen LogP contribution in [0.3, 0.4) is 0 Å². The Kier molecular flexibility index (Phi) is 2.85. The second-order valence-corrected chi connectivity index (χ2v) is 6.67. The number of aliphatic hydroxyl groups excluding tert-OH is 2. The van der Waals surface area contributed by atoms with Gasteiger partial charge in [-0.15, -0.1) is 0 Å². The molecule has 0 spiro atoms. The molecule has 3 rings (SSSR count). The van der Waals surface area contributed by atoms with Gasteiger partial charge in [0.05, 0.1) is 12.2 Å². The van der Waals surface area contributed by atoms with Crippen molar-refractivity contribution in [1.82, 2.24) is 0 Å². The topological polar surface area (TPSA) is 49.7 Å². The van der Waals surface area contributed by atoms with Crippen LogP contribution in [0.1, 0.15) is 40.0 Å². The third-order valence-electron chi connectivity index (χ3n) is 5.83. The summed E-state index contributed by atoms with van der Waals surface area (Å²) in [6, 6.07) is 0. The molecule has 3 nitrogen and oxygen atoms in total. The molecule has 0 aromatic rings. The van der Waals surface area contributed by atoms with E-state index in [-0.39, 0.29) is 23.5 Å². The van der Waals surface area contributed by atoms with E-state index >= 15 is 0 Å². The van der Waals surface area contributed by atoms with Gasteiger partial charge in [0, 0.05) is 11.8 Å². The molecule has 1 aliphatic heterocycles. The summed E-state index contributed by atoms with van der Waals surface area (Å²) in [5.74, 6) is 1.01. The van der Waals surface area contributed by atoms with Gasteiger partial charge in [0.15, 0.2) is 6.29 Å². The molecule has 102 valence electrons. The Morgan fingerprint density at radius 2 is 2.06 bits per heavy atom. The first-order valence-electron chi connectivity index (χ1n) is 7.17. The zero-order chi connectivity index (χ0) is 13.1. The van der Waals surface area contributed by atoms with E-state index in [1.807, 2.05) is 0 Å². The first kappa shape index (κ1) is 12.6. The zero-order valence-electron chi connectivity index (χ0n) is 11.5. The molecule has 3 heteroatoms. The van der Waals surface area contributed by atoms with Crippen molar-refractivity contribution in [3.8, 4) is 0 Å². The van der Waals surface area contributed by atoms with Crippen LogP contribution in [-0.2, 0) is 4.74 Å². The number of allylic oxidation sites excluding steroid dienone is 1. The molecule has 1 heterocycles. The summed E-state index contributed by atoms with van der Waals surface area (Å²) >= 11 is 0. The highest BCUT2D eigenvalue weighted by atomic mass is 16.6. The fraction of sp³-hybridized carbons (Fsp3) is 0.867. The van der Waals surface area contributed by atoms with E-state index in [9.17, 15) is 10.2 Å². The average Bonchev–Trinajstić information content (AvgIpc) is 2.58. The predicted octanol–water partition coefficient (Wildman–Crippen LogP) is 2.08. The molecule has 2 N–H and O–H groups in total. The summed E-state index contributed by atoms with van der Waals surface area (Å²) < 4.78 is 5.73. The summed E-state index contributed by atoms with van der Waals surface area (Å²) in [6.07, 6.45) is 4.15. The van der Waals surface area contributed by atoms with Crippen LogP contribution in [-0.4, -0.2) is 28.7 Å². The van der Waals surface area contributed by atoms with Crippen molar-refractivity contribution in [3.63, 3.8) is 0 Å². The second-order valence-electron chi connectivity index (χ2n) is 6.67. The van der Waals surface area contributed by atoms with Crippen LogP contribution in [0.2, 0.25) is 0 Å². The van der Waals surface area contributed by atoms with Crippen molar-refractivity contribution in [2.24, 2.45) is 23.2 Å². The van der Waals surface area contributed by atoms with Crippen molar-refractivity contribution in [2.45, 2.75) is 58.5 Å². The lowest BCUT2D eigenvalue weighted by Crippen LogP contribution is -2.48. The Morgan fingerprint density at radius 1 is 1.33 bits per heavy atom. The van der Waals surface area contributed by atoms with Crippen LogP contribution in [0.25, 0.3) is 0 Å². The molecule has 0 aromatic heterocycles. The number of ether oxygens (including phenoxy) is 1. The standard InChI is InChI=1S/C15H24O3/c1-8-6-11(16)7-10-4-5-12-13(15(8,10)3)9(2)14(17)18-12/h7-9,11-14,16-17H,4-6H2,1-3H3/t8-,9-,11-,12+,13-,14-,15+/m0/s1. The highest BCUT2D eigenvalue weighted by molar-refractivity contribution is 5.26. The smallest absolute Gasteiger partial charge is 0.157 e. The fourth-order valence-corrected chi connectivity index (χ4v) is 4.68. The Bertz CT molecular complexity index is 378. The first-order chi connectivity index (χ1) is 8.44. The number of fused-ring (bicyclic) bond motifs is 3. The van der Waals surface area contributed by atoms with Crippen LogP contribution in [0.4, 0.5) is 0 Å². The summed E-state index contributed by atoms with van der Waals surface area (Å²) in [4.78, 5) is 0. The minimum Gasteiger partial charge on any atom is -0.389 e. The third-order valence-corrected chi connectivity index (χ3v) is 5.83. The van der Waals surface area contributed by atoms with E-state index in [0.29, 0.717) is 11.8 Å². The molecule has 2 aliphatic carbocycles. The van der Waals surface area contributed by atoms with Crippen molar-refractivity contribution in [1.29, 1.82) is 0 Å². The minimum atomic E-state index is -0.616. The highest BCUT2D eigenvalue weighted by Gasteiger charge is 2.57. The molecule has 1 saturated carbocycles. The molecule has 0 aromatic carbocycles. The third kappa shape index (κ3) is 1.54. The number of rotatable bonds is 0. The average molecular weight is 252 g/mol. The van der Waals surface area contributed by atoms with Gasteiger partial charge in [-0.2, -0.15) is 0 Å². The van der Waals surface area contributed by atoms with Crippen LogP contribution in [0.5, 0.6) is 0 Å². The van der Waals surface area contributed by atoms with Gasteiger partial charge >= 0.3 is 0 Å². The van der Waals surface area contributed by atoms with Crippen molar-refractivity contribution < 1.29 is 14.9 Å². The minimum absolute atomic E-state index is 0.0824. The Balaban J connectivity index is 2.02. The summed E-state index contributed by atoms with van der Waals surface area (Å²) in [6.45, 7) is 6.64. The molecule has 3 aliphatic rings. The van der Waals surface area contributed by atoms with Gasteiger partial charge in [-0.25, -0.2) is 0 Å². The van der Waals surface area contributed by atoms with Gasteiger partial charge in [-0.3, -0.25) is 0 Å². The Labute approximate surface area is 109 Å². The maximum absolute atomic E-state index is 9.98. The van der Waals surface area contributed by atoms with Gasteiger partial charge < -0.3 is 14.9 Å². The lowest BCUT2D eigenvalue weighted by Gasteiger charge is -2.52. The van der Waals surface area contributed by atoms with Gasteiger partial charge in [0.25, 0.3) is 0 Å². The monoisotopic (exact) mass is 252 g/mol. The number of hydrogen-bond acceptors (Lipinski definition) is 3. The molecule has 2 fully saturated rings. The van der Waals surface area contributed by atoms with Crippen LogP contribution in [0.15, 0.2) is 11.6 Å². The quantitative estimate of drug-likeness (QED) is 0.649. The molecule has 0 bridgehead atoms. The maximum Gasteiger partial charge on any atom is 0.157 e. The molecule has 7 atom stereocenters. The molecular formula is C15H24O3. The Hall–Kier alpha value is -0.380. The SMILES string of the molecule is C[C@H]1[C@H]2[C@@H](CCC3=C[C@@H](O)C[C@H](C)[C@]32C)O[C@@H]1O. The molecular weight excluding hydrogens is 228 g/mol. The van der Waals surface area contributed by atoms with Crippen LogP contribution >= 0.6 is 0 Å². The van der Waals surface area contributed by atoms with E-state index in [1.165, 1.54) is 5.57 Å².